The highest BCUT2D eigenvalue weighted by molar-refractivity contribution is 5.69. The van der Waals surface area contributed by atoms with Crippen molar-refractivity contribution in [1.82, 2.24) is 0 Å². The van der Waals surface area contributed by atoms with Gasteiger partial charge in [-0.25, -0.2) is 0 Å². The zero-order chi connectivity index (χ0) is 15.6. The molecule has 0 radical (unpaired) electrons. The Morgan fingerprint density at radius 3 is 2.45 bits per heavy atom. The number of hydrogen-bond donors (Lipinski definition) is 0. The molecule has 0 N–H and O–H groups in total. The van der Waals surface area contributed by atoms with Gasteiger partial charge in [-0.05, 0) is 46.1 Å². The van der Waals surface area contributed by atoms with Gasteiger partial charge in [0.15, 0.2) is 0 Å². The first-order valence-electron chi connectivity index (χ1n) is 7.36. The first-order valence-corrected chi connectivity index (χ1v) is 7.36. The lowest BCUT2D eigenvalue weighted by atomic mass is 10.0. The summed E-state index contributed by atoms with van der Waals surface area (Å²) >= 11 is 0. The van der Waals surface area contributed by atoms with Crippen molar-refractivity contribution in [2.24, 2.45) is 5.92 Å². The second-order valence-corrected chi connectivity index (χ2v) is 5.90. The molecule has 0 aromatic carbocycles. The SMILES string of the molecule is CCO/C(C)=C/COC(C)(C)CCC(=O)OCC(C)C. The van der Waals surface area contributed by atoms with Crippen LogP contribution >= 0.6 is 0 Å². The number of carbonyl (C=O) groups excluding carboxylic acids is 1. The van der Waals surface area contributed by atoms with E-state index in [4.69, 9.17) is 14.2 Å². The highest BCUT2D eigenvalue weighted by Gasteiger charge is 2.20. The van der Waals surface area contributed by atoms with E-state index in [1.165, 1.54) is 0 Å². The fourth-order valence-corrected chi connectivity index (χ4v) is 1.48. The van der Waals surface area contributed by atoms with Gasteiger partial charge < -0.3 is 14.2 Å². The maximum atomic E-state index is 11.6. The van der Waals surface area contributed by atoms with E-state index in [1.54, 1.807) is 0 Å². The maximum Gasteiger partial charge on any atom is 0.305 e. The molecule has 0 heterocycles. The normalized spacial score (nSPS) is 12.7. The van der Waals surface area contributed by atoms with Crippen molar-refractivity contribution in [2.75, 3.05) is 19.8 Å². The molecular formula is C16H30O4. The Morgan fingerprint density at radius 1 is 1.25 bits per heavy atom. The fourth-order valence-electron chi connectivity index (χ4n) is 1.48. The average Bonchev–Trinajstić information content (AvgIpc) is 2.34. The molecule has 4 heteroatoms. The lowest BCUT2D eigenvalue weighted by Gasteiger charge is -2.24. The van der Waals surface area contributed by atoms with Gasteiger partial charge >= 0.3 is 5.97 Å². The van der Waals surface area contributed by atoms with E-state index in [2.05, 4.69) is 0 Å². The van der Waals surface area contributed by atoms with E-state index >= 15 is 0 Å². The van der Waals surface area contributed by atoms with Gasteiger partial charge in [-0.2, -0.15) is 0 Å². The predicted molar refractivity (Wildman–Crippen MR) is 80.4 cm³/mol. The second kappa shape index (κ2) is 9.81. The van der Waals surface area contributed by atoms with E-state index in [0.717, 1.165) is 5.76 Å². The number of rotatable bonds is 10. The van der Waals surface area contributed by atoms with E-state index < -0.39 is 0 Å². The fraction of sp³-hybridized carbons (Fsp3) is 0.812. The minimum absolute atomic E-state index is 0.156. The van der Waals surface area contributed by atoms with Crippen molar-refractivity contribution < 1.29 is 19.0 Å². The summed E-state index contributed by atoms with van der Waals surface area (Å²) in [6.45, 7) is 13.5. The Labute approximate surface area is 123 Å². The molecule has 0 amide bonds. The monoisotopic (exact) mass is 286 g/mol. The minimum Gasteiger partial charge on any atom is -0.499 e. The van der Waals surface area contributed by atoms with Crippen LogP contribution in [0, 0.1) is 5.92 Å². The number of carbonyl (C=O) groups is 1. The van der Waals surface area contributed by atoms with E-state index in [0.29, 0.717) is 38.6 Å². The molecular weight excluding hydrogens is 256 g/mol. The summed E-state index contributed by atoms with van der Waals surface area (Å²) in [6.07, 6.45) is 2.93. The maximum absolute atomic E-state index is 11.6. The predicted octanol–water partition coefficient (Wildman–Crippen LogP) is 3.70. The highest BCUT2D eigenvalue weighted by Crippen LogP contribution is 2.17. The Bertz CT molecular complexity index is 306. The van der Waals surface area contributed by atoms with Crippen molar-refractivity contribution in [3.63, 3.8) is 0 Å². The highest BCUT2D eigenvalue weighted by atomic mass is 16.5. The molecule has 0 saturated heterocycles. The molecule has 0 saturated carbocycles. The zero-order valence-electron chi connectivity index (χ0n) is 13.8. The van der Waals surface area contributed by atoms with Gasteiger partial charge in [-0.3, -0.25) is 4.79 Å². The average molecular weight is 286 g/mol. The standard InChI is InChI=1S/C16H30O4/c1-7-18-14(4)9-11-20-16(5,6)10-8-15(17)19-12-13(2)3/h9,13H,7-8,10-12H2,1-6H3/b14-9+. The van der Waals surface area contributed by atoms with Crippen molar-refractivity contribution in [1.29, 1.82) is 0 Å². The van der Waals surface area contributed by atoms with Gasteiger partial charge in [-0.15, -0.1) is 0 Å². The molecule has 0 aliphatic heterocycles. The molecule has 0 aliphatic carbocycles. The molecule has 0 bridgehead atoms. The summed E-state index contributed by atoms with van der Waals surface area (Å²) in [5, 5.41) is 0. The van der Waals surface area contributed by atoms with Crippen LogP contribution in [0.1, 0.15) is 54.4 Å². The third kappa shape index (κ3) is 10.9. The molecule has 0 unspecified atom stereocenters. The molecule has 20 heavy (non-hydrogen) atoms. The summed E-state index contributed by atoms with van der Waals surface area (Å²) in [5.74, 6) is 1.07. The van der Waals surface area contributed by atoms with E-state index in [9.17, 15) is 4.79 Å². The smallest absolute Gasteiger partial charge is 0.305 e. The van der Waals surface area contributed by atoms with Crippen LogP contribution in [0.25, 0.3) is 0 Å². The van der Waals surface area contributed by atoms with Crippen molar-refractivity contribution in [3.05, 3.63) is 11.8 Å². The third-order valence-electron chi connectivity index (χ3n) is 2.73. The summed E-state index contributed by atoms with van der Waals surface area (Å²) in [7, 11) is 0. The van der Waals surface area contributed by atoms with Crippen molar-refractivity contribution in [3.8, 4) is 0 Å². The Kier molecular flexibility index (Phi) is 9.30. The lowest BCUT2D eigenvalue weighted by Crippen LogP contribution is -2.26. The van der Waals surface area contributed by atoms with Gasteiger partial charge in [0.05, 0.1) is 31.2 Å². The molecule has 0 rings (SSSR count). The molecule has 0 spiro atoms. The van der Waals surface area contributed by atoms with Crippen LogP contribution in [0.3, 0.4) is 0 Å². The number of allylic oxidation sites excluding steroid dienone is 1. The van der Waals surface area contributed by atoms with Gasteiger partial charge in [0, 0.05) is 6.42 Å². The number of hydrogen-bond acceptors (Lipinski definition) is 4. The quantitative estimate of drug-likeness (QED) is 0.454. The first kappa shape index (κ1) is 19.0. The lowest BCUT2D eigenvalue weighted by molar-refractivity contribution is -0.146. The largest absolute Gasteiger partial charge is 0.499 e. The van der Waals surface area contributed by atoms with Crippen LogP contribution in [0.15, 0.2) is 11.8 Å². The Morgan fingerprint density at radius 2 is 1.90 bits per heavy atom. The van der Waals surface area contributed by atoms with Crippen LogP contribution < -0.4 is 0 Å². The van der Waals surface area contributed by atoms with Crippen LogP contribution in [0.4, 0.5) is 0 Å². The summed E-state index contributed by atoms with van der Waals surface area (Å²) in [5.41, 5.74) is -0.347. The Balaban J connectivity index is 3.94. The van der Waals surface area contributed by atoms with Gasteiger partial charge in [0.25, 0.3) is 0 Å². The molecule has 0 aliphatic rings. The summed E-state index contributed by atoms with van der Waals surface area (Å²) in [4.78, 5) is 11.6. The molecule has 118 valence electrons. The second-order valence-electron chi connectivity index (χ2n) is 5.90. The molecule has 0 aromatic rings. The first-order chi connectivity index (χ1) is 9.26. The molecule has 4 nitrogen and oxygen atoms in total. The topological polar surface area (TPSA) is 44.8 Å². The Hall–Kier alpha value is -1.03. The number of ether oxygens (including phenoxy) is 3. The van der Waals surface area contributed by atoms with Crippen molar-refractivity contribution >= 4 is 5.97 Å². The van der Waals surface area contributed by atoms with Crippen molar-refractivity contribution in [2.45, 2.75) is 60.0 Å². The van der Waals surface area contributed by atoms with E-state index in [-0.39, 0.29) is 11.6 Å². The van der Waals surface area contributed by atoms with Crippen LogP contribution in [-0.2, 0) is 19.0 Å². The van der Waals surface area contributed by atoms with Crippen LogP contribution in [0.5, 0.6) is 0 Å². The van der Waals surface area contributed by atoms with E-state index in [1.807, 2.05) is 47.6 Å². The summed E-state index contributed by atoms with van der Waals surface area (Å²) in [6, 6.07) is 0. The molecule has 0 fully saturated rings. The van der Waals surface area contributed by atoms with Gasteiger partial charge in [0.1, 0.15) is 0 Å². The van der Waals surface area contributed by atoms with Gasteiger partial charge in [0.2, 0.25) is 0 Å². The summed E-state index contributed by atoms with van der Waals surface area (Å²) < 4.78 is 16.2. The molecule has 0 atom stereocenters. The van der Waals surface area contributed by atoms with Gasteiger partial charge in [-0.1, -0.05) is 13.8 Å². The third-order valence-corrected chi connectivity index (χ3v) is 2.73. The molecule has 0 aromatic heterocycles. The van der Waals surface area contributed by atoms with Crippen LogP contribution in [-0.4, -0.2) is 31.4 Å². The minimum atomic E-state index is -0.347. The van der Waals surface area contributed by atoms with Crippen LogP contribution in [0.2, 0.25) is 0 Å². The zero-order valence-corrected chi connectivity index (χ0v) is 13.8. The number of esters is 1.